The smallest absolute Gasteiger partial charge is 0.123 e. The summed E-state index contributed by atoms with van der Waals surface area (Å²) in [4.78, 5) is 0. The molecule has 0 saturated carbocycles. The summed E-state index contributed by atoms with van der Waals surface area (Å²) in [6.45, 7) is 2.89. The van der Waals surface area contributed by atoms with E-state index in [1.807, 2.05) is 42.5 Å². The molecular formula is C17H17Cl2NO. The molecule has 2 atom stereocenters. The van der Waals surface area contributed by atoms with E-state index in [2.05, 4.69) is 12.2 Å². The van der Waals surface area contributed by atoms with Gasteiger partial charge in [0, 0.05) is 29.1 Å². The molecule has 0 fully saturated rings. The number of hydrogen-bond donors (Lipinski definition) is 1. The van der Waals surface area contributed by atoms with Gasteiger partial charge in [-0.1, -0.05) is 41.4 Å². The number of hydrogen-bond acceptors (Lipinski definition) is 2. The number of ether oxygens (including phenoxy) is 1. The van der Waals surface area contributed by atoms with E-state index in [-0.39, 0.29) is 12.1 Å². The maximum absolute atomic E-state index is 6.22. The lowest BCUT2D eigenvalue weighted by molar-refractivity contribution is 0.222. The first-order valence-corrected chi connectivity index (χ1v) is 7.82. The molecule has 2 nitrogen and oxygen atoms in total. The van der Waals surface area contributed by atoms with Gasteiger partial charge in [0.25, 0.3) is 0 Å². The molecule has 2 aromatic rings. The molecule has 4 heteroatoms. The van der Waals surface area contributed by atoms with Gasteiger partial charge in [0.05, 0.1) is 0 Å². The van der Waals surface area contributed by atoms with Gasteiger partial charge in [-0.05, 0) is 42.3 Å². The largest absolute Gasteiger partial charge is 0.488 e. The van der Waals surface area contributed by atoms with Gasteiger partial charge in [0.2, 0.25) is 0 Å². The molecule has 0 aromatic heterocycles. The van der Waals surface area contributed by atoms with Crippen LogP contribution in [0.3, 0.4) is 0 Å². The summed E-state index contributed by atoms with van der Waals surface area (Å²) in [5, 5.41) is 5.04. The minimum absolute atomic E-state index is 0.142. The van der Waals surface area contributed by atoms with Crippen LogP contribution in [0.25, 0.3) is 0 Å². The summed E-state index contributed by atoms with van der Waals surface area (Å²) in [6.07, 6.45) is 1.03. The van der Waals surface area contributed by atoms with Crippen LogP contribution in [0.1, 0.15) is 24.1 Å². The minimum Gasteiger partial charge on any atom is -0.488 e. The molecule has 1 aliphatic rings. The van der Waals surface area contributed by atoms with Crippen LogP contribution in [0.5, 0.6) is 5.75 Å². The molecule has 0 amide bonds. The Morgan fingerprint density at radius 3 is 2.86 bits per heavy atom. The number of benzene rings is 2. The molecule has 0 saturated heterocycles. The molecule has 110 valence electrons. The lowest BCUT2D eigenvalue weighted by Crippen LogP contribution is -2.32. The van der Waals surface area contributed by atoms with Gasteiger partial charge in [0.15, 0.2) is 0 Å². The van der Waals surface area contributed by atoms with Gasteiger partial charge in [-0.25, -0.2) is 0 Å². The van der Waals surface area contributed by atoms with Crippen LogP contribution in [0.2, 0.25) is 10.0 Å². The second kappa shape index (κ2) is 6.27. The van der Waals surface area contributed by atoms with Crippen LogP contribution in [-0.4, -0.2) is 12.6 Å². The Labute approximate surface area is 135 Å². The number of rotatable bonds is 4. The quantitative estimate of drug-likeness (QED) is 0.885. The van der Waals surface area contributed by atoms with E-state index >= 15 is 0 Å². The lowest BCUT2D eigenvalue weighted by atomic mass is 10.1. The molecule has 1 aliphatic heterocycles. The van der Waals surface area contributed by atoms with Crippen LogP contribution in [0.4, 0.5) is 0 Å². The van der Waals surface area contributed by atoms with Crippen LogP contribution < -0.4 is 10.1 Å². The first-order chi connectivity index (χ1) is 10.1. The van der Waals surface area contributed by atoms with Crippen LogP contribution >= 0.6 is 23.2 Å². The molecule has 1 N–H and O–H groups in total. The highest BCUT2D eigenvalue weighted by Crippen LogP contribution is 2.31. The summed E-state index contributed by atoms with van der Waals surface area (Å²) in [7, 11) is 0. The molecule has 0 spiro atoms. The zero-order valence-electron chi connectivity index (χ0n) is 11.8. The SMILES string of the molecule is C[C@@H](NCC1Cc2cc(Cl)ccc2O1)c1ccccc1Cl. The van der Waals surface area contributed by atoms with Crippen molar-refractivity contribution < 1.29 is 4.74 Å². The third-order valence-electron chi connectivity index (χ3n) is 3.79. The lowest BCUT2D eigenvalue weighted by Gasteiger charge is -2.18. The van der Waals surface area contributed by atoms with Crippen LogP contribution in [-0.2, 0) is 6.42 Å². The molecule has 21 heavy (non-hydrogen) atoms. The number of fused-ring (bicyclic) bond motifs is 1. The Morgan fingerprint density at radius 1 is 1.24 bits per heavy atom. The topological polar surface area (TPSA) is 21.3 Å². The Bertz CT molecular complexity index is 644. The highest BCUT2D eigenvalue weighted by molar-refractivity contribution is 6.31. The van der Waals surface area contributed by atoms with Crippen molar-refractivity contribution in [2.75, 3.05) is 6.54 Å². The third-order valence-corrected chi connectivity index (χ3v) is 4.37. The highest BCUT2D eigenvalue weighted by atomic mass is 35.5. The van der Waals surface area contributed by atoms with Gasteiger partial charge in [-0.15, -0.1) is 0 Å². The molecule has 0 aliphatic carbocycles. The molecule has 0 bridgehead atoms. The third kappa shape index (κ3) is 3.34. The molecule has 1 heterocycles. The van der Waals surface area contributed by atoms with Gasteiger partial charge >= 0.3 is 0 Å². The van der Waals surface area contributed by atoms with Crippen molar-refractivity contribution in [2.45, 2.75) is 25.5 Å². The van der Waals surface area contributed by atoms with E-state index in [0.717, 1.165) is 34.3 Å². The fraction of sp³-hybridized carbons (Fsp3) is 0.294. The summed E-state index contributed by atoms with van der Waals surface area (Å²) < 4.78 is 5.92. The first-order valence-electron chi connectivity index (χ1n) is 7.06. The second-order valence-corrected chi connectivity index (χ2v) is 6.19. The van der Waals surface area contributed by atoms with Gasteiger partial charge in [-0.3, -0.25) is 0 Å². The average molecular weight is 322 g/mol. The standard InChI is InChI=1S/C17H17Cl2NO/c1-11(15-4-2-3-5-16(15)19)20-10-14-9-12-8-13(18)6-7-17(12)21-14/h2-8,11,14,20H,9-10H2,1H3/t11-,14?/m1/s1. The molecule has 1 unspecified atom stereocenters. The van der Waals surface area contributed by atoms with Gasteiger partial charge in [-0.2, -0.15) is 0 Å². The Kier molecular flexibility index (Phi) is 4.39. The van der Waals surface area contributed by atoms with Crippen molar-refractivity contribution in [3.63, 3.8) is 0 Å². The van der Waals surface area contributed by atoms with Gasteiger partial charge < -0.3 is 10.1 Å². The van der Waals surface area contributed by atoms with E-state index in [0.29, 0.717) is 0 Å². The summed E-state index contributed by atoms with van der Waals surface area (Å²) in [5.74, 6) is 0.941. The van der Waals surface area contributed by atoms with E-state index in [1.54, 1.807) is 0 Å². The molecule has 3 rings (SSSR count). The number of halogens is 2. The normalized spacial score (nSPS) is 18.1. The monoisotopic (exact) mass is 321 g/mol. The van der Waals surface area contributed by atoms with E-state index in [1.165, 1.54) is 5.56 Å². The predicted molar refractivity (Wildman–Crippen MR) is 87.4 cm³/mol. The Morgan fingerprint density at radius 2 is 2.05 bits per heavy atom. The molecule has 0 radical (unpaired) electrons. The summed E-state index contributed by atoms with van der Waals surface area (Å²) >= 11 is 12.2. The van der Waals surface area contributed by atoms with Crippen molar-refractivity contribution in [3.05, 3.63) is 63.6 Å². The van der Waals surface area contributed by atoms with Gasteiger partial charge in [0.1, 0.15) is 11.9 Å². The average Bonchev–Trinajstić information content (AvgIpc) is 2.87. The zero-order chi connectivity index (χ0) is 14.8. The van der Waals surface area contributed by atoms with Crippen molar-refractivity contribution in [1.82, 2.24) is 5.32 Å². The van der Waals surface area contributed by atoms with Crippen molar-refractivity contribution in [3.8, 4) is 5.75 Å². The van der Waals surface area contributed by atoms with E-state index in [4.69, 9.17) is 27.9 Å². The van der Waals surface area contributed by atoms with E-state index < -0.39 is 0 Å². The minimum atomic E-state index is 0.142. The highest BCUT2D eigenvalue weighted by Gasteiger charge is 2.23. The Balaban J connectivity index is 1.59. The molecule has 2 aromatic carbocycles. The number of nitrogens with one attached hydrogen (secondary N) is 1. The summed E-state index contributed by atoms with van der Waals surface area (Å²) in [5.41, 5.74) is 2.29. The molecular weight excluding hydrogens is 305 g/mol. The predicted octanol–water partition coefficient (Wildman–Crippen LogP) is 4.65. The van der Waals surface area contributed by atoms with Crippen molar-refractivity contribution in [1.29, 1.82) is 0 Å². The van der Waals surface area contributed by atoms with Crippen molar-refractivity contribution >= 4 is 23.2 Å². The van der Waals surface area contributed by atoms with Crippen LogP contribution in [0, 0.1) is 0 Å². The van der Waals surface area contributed by atoms with E-state index in [9.17, 15) is 0 Å². The van der Waals surface area contributed by atoms with Crippen LogP contribution in [0.15, 0.2) is 42.5 Å². The fourth-order valence-corrected chi connectivity index (χ4v) is 3.14. The second-order valence-electron chi connectivity index (χ2n) is 5.35. The van der Waals surface area contributed by atoms with Crippen molar-refractivity contribution in [2.24, 2.45) is 0 Å². The Hall–Kier alpha value is -1.22. The maximum Gasteiger partial charge on any atom is 0.123 e. The zero-order valence-corrected chi connectivity index (χ0v) is 13.3. The fourth-order valence-electron chi connectivity index (χ4n) is 2.65. The summed E-state index contributed by atoms with van der Waals surface area (Å²) in [6, 6.07) is 13.9. The first kappa shape index (κ1) is 14.7. The maximum atomic E-state index is 6.22.